The predicted molar refractivity (Wildman–Crippen MR) is 215 cm³/mol. The molecule has 54 heavy (non-hydrogen) atoms. The number of hydrogen-bond acceptors (Lipinski definition) is 10. The number of aliphatic carboxylic acids is 1. The molecule has 0 amide bonds. The van der Waals surface area contributed by atoms with Crippen molar-refractivity contribution in [1.29, 1.82) is 0 Å². The van der Waals surface area contributed by atoms with Gasteiger partial charge < -0.3 is 35.7 Å². The molecular weight excluding hydrogens is 688 g/mol. The van der Waals surface area contributed by atoms with Gasteiger partial charge in [-0.2, -0.15) is 0 Å². The van der Waals surface area contributed by atoms with Crippen LogP contribution in [0.5, 0.6) is 34.5 Å². The summed E-state index contributed by atoms with van der Waals surface area (Å²) in [5, 5.41) is 81.1. The van der Waals surface area contributed by atoms with Gasteiger partial charge in [-0.05, 0) is 66.3 Å². The van der Waals surface area contributed by atoms with E-state index in [2.05, 4.69) is 9.98 Å². The Labute approximate surface area is 316 Å². The Morgan fingerprint density at radius 3 is 1.28 bits per heavy atom. The molecule has 0 fully saturated rings. The van der Waals surface area contributed by atoms with Crippen LogP contribution < -0.4 is 0 Å². The molecule has 7 N–H and O–H groups in total. The number of carbonyl (C=O) groups excluding carboxylic acids is 1. The fraction of sp³-hybridized carbons (Fsp3) is 0.442. The maximum absolute atomic E-state index is 12.6. The van der Waals surface area contributed by atoms with Crippen molar-refractivity contribution in [2.24, 2.45) is 21.8 Å². The molecule has 290 valence electrons. The van der Waals surface area contributed by atoms with E-state index < -0.39 is 35.3 Å². The van der Waals surface area contributed by atoms with Crippen molar-refractivity contribution in [3.8, 4) is 45.6 Å². The molecule has 11 nitrogen and oxygen atoms in total. The molecule has 0 saturated heterocycles. The molecule has 4 rings (SSSR count). The second-order valence-electron chi connectivity index (χ2n) is 15.2. The number of Topliss-reactive ketones (excluding diaryl/α,β-unsaturated/α-hetero) is 1. The van der Waals surface area contributed by atoms with Crippen LogP contribution in [0.4, 0.5) is 0 Å². The SMILES string of the molecule is CCC(C)C(N=Cc1c(O)c(O)c(C(C)C)c2cc(C)c(-c3c(C)cc4c(C(C)C)c(O)c(O)c(C=NC(C(=O)O)C(C)CC)c4c3O)c(O)c12)C(C)=O. The number of phenols is 6. The maximum Gasteiger partial charge on any atom is 0.328 e. The number of aliphatic imine (C=N–C) groups is 2. The van der Waals surface area contributed by atoms with Crippen LogP contribution in [0.15, 0.2) is 22.1 Å². The molecule has 0 aliphatic carbocycles. The van der Waals surface area contributed by atoms with E-state index in [1.54, 1.807) is 32.9 Å². The van der Waals surface area contributed by atoms with Crippen LogP contribution in [0.1, 0.15) is 120 Å². The van der Waals surface area contributed by atoms with Gasteiger partial charge in [-0.15, -0.1) is 0 Å². The van der Waals surface area contributed by atoms with Crippen molar-refractivity contribution in [2.45, 2.75) is 113 Å². The molecule has 4 aromatic carbocycles. The third-order valence-corrected chi connectivity index (χ3v) is 10.8. The van der Waals surface area contributed by atoms with Gasteiger partial charge in [0, 0.05) is 56.6 Å². The Balaban J connectivity index is 2.23. The van der Waals surface area contributed by atoms with Gasteiger partial charge in [0.15, 0.2) is 28.8 Å². The quantitative estimate of drug-likeness (QED) is 0.0515. The lowest BCUT2D eigenvalue weighted by molar-refractivity contribution is -0.139. The first-order chi connectivity index (χ1) is 25.2. The Bertz CT molecular complexity index is 2050. The highest BCUT2D eigenvalue weighted by atomic mass is 16.4. The average molecular weight is 743 g/mol. The molecular formula is C43H54N2O9. The number of carboxylic acids is 1. The average Bonchev–Trinajstić information content (AvgIpc) is 3.08. The summed E-state index contributed by atoms with van der Waals surface area (Å²) < 4.78 is 0. The number of aryl methyl sites for hydroxylation is 2. The van der Waals surface area contributed by atoms with Crippen molar-refractivity contribution in [3.05, 3.63) is 45.5 Å². The first-order valence-electron chi connectivity index (χ1n) is 18.5. The number of hydrogen-bond donors (Lipinski definition) is 7. The van der Waals surface area contributed by atoms with E-state index in [-0.39, 0.29) is 79.7 Å². The molecule has 0 bridgehead atoms. The van der Waals surface area contributed by atoms with E-state index in [4.69, 9.17) is 0 Å². The number of ketones is 1. The second kappa shape index (κ2) is 16.0. The zero-order valence-electron chi connectivity index (χ0n) is 33.0. The fourth-order valence-electron chi connectivity index (χ4n) is 7.49. The molecule has 4 atom stereocenters. The maximum atomic E-state index is 12.6. The van der Waals surface area contributed by atoms with Crippen molar-refractivity contribution < 1.29 is 45.3 Å². The van der Waals surface area contributed by atoms with Crippen LogP contribution in [0.25, 0.3) is 32.7 Å². The van der Waals surface area contributed by atoms with Gasteiger partial charge in [0.1, 0.15) is 23.6 Å². The van der Waals surface area contributed by atoms with Crippen LogP contribution >= 0.6 is 0 Å². The van der Waals surface area contributed by atoms with Crippen LogP contribution in [0, 0.1) is 25.7 Å². The Kier molecular flexibility index (Phi) is 12.2. The van der Waals surface area contributed by atoms with Crippen LogP contribution in [0.2, 0.25) is 0 Å². The van der Waals surface area contributed by atoms with E-state index in [1.165, 1.54) is 13.1 Å². The summed E-state index contributed by atoms with van der Waals surface area (Å²) >= 11 is 0. The van der Waals surface area contributed by atoms with E-state index in [0.717, 1.165) is 6.21 Å². The Morgan fingerprint density at radius 2 is 0.963 bits per heavy atom. The number of rotatable bonds is 13. The lowest BCUT2D eigenvalue weighted by atomic mass is 9.83. The summed E-state index contributed by atoms with van der Waals surface area (Å²) in [5.74, 6) is -5.08. The number of nitrogens with zero attached hydrogens (tertiary/aromatic N) is 2. The van der Waals surface area contributed by atoms with E-state index in [1.807, 2.05) is 48.5 Å². The van der Waals surface area contributed by atoms with Crippen LogP contribution in [-0.4, -0.2) is 72.0 Å². The predicted octanol–water partition coefficient (Wildman–Crippen LogP) is 9.10. The Morgan fingerprint density at radius 1 is 0.611 bits per heavy atom. The normalized spacial score (nSPS) is 14.5. The molecule has 0 radical (unpaired) electrons. The lowest BCUT2D eigenvalue weighted by Gasteiger charge is -2.24. The molecule has 4 unspecified atom stereocenters. The summed E-state index contributed by atoms with van der Waals surface area (Å²) in [5.41, 5.74) is 1.96. The molecule has 0 aromatic heterocycles. The zero-order chi connectivity index (χ0) is 40.7. The Hall–Kier alpha value is -5.32. The van der Waals surface area contributed by atoms with Gasteiger partial charge in [-0.25, -0.2) is 4.79 Å². The highest BCUT2D eigenvalue weighted by Gasteiger charge is 2.31. The summed E-state index contributed by atoms with van der Waals surface area (Å²) in [6.45, 7) is 19.6. The highest BCUT2D eigenvalue weighted by molar-refractivity contribution is 6.15. The van der Waals surface area contributed by atoms with Gasteiger partial charge in [0.25, 0.3) is 0 Å². The standard InChI is InChI=1S/C43H54N2O9/c1-12-20(7)35(24(11)46)44-16-27-33-25(29(18(3)4)41(51)37(27)47)14-22(9)31(39(33)49)32-23(10)15-26-30(19(5)6)42(52)38(48)28(34(26)40(32)50)17-45-36(43(53)54)21(8)13-2/h14-21,35-36,47-52H,12-13H2,1-11H3,(H,53,54). The molecule has 4 aromatic rings. The lowest BCUT2D eigenvalue weighted by Crippen LogP contribution is -2.25. The summed E-state index contributed by atoms with van der Waals surface area (Å²) in [7, 11) is 0. The van der Waals surface area contributed by atoms with Crippen molar-refractivity contribution >= 4 is 45.7 Å². The van der Waals surface area contributed by atoms with Gasteiger partial charge >= 0.3 is 5.97 Å². The van der Waals surface area contributed by atoms with E-state index in [9.17, 15) is 45.3 Å². The number of carboxylic acid groups (broad SMARTS) is 1. The van der Waals surface area contributed by atoms with Gasteiger partial charge in [-0.1, -0.05) is 80.4 Å². The minimum Gasteiger partial charge on any atom is -0.507 e. The molecule has 0 heterocycles. The number of fused-ring (bicyclic) bond motifs is 2. The molecule has 11 heteroatoms. The van der Waals surface area contributed by atoms with Crippen molar-refractivity contribution in [2.75, 3.05) is 0 Å². The number of carbonyl (C=O) groups is 2. The highest BCUT2D eigenvalue weighted by Crippen LogP contribution is 2.54. The van der Waals surface area contributed by atoms with Crippen LogP contribution in [0.3, 0.4) is 0 Å². The first kappa shape index (κ1) is 41.4. The van der Waals surface area contributed by atoms with E-state index >= 15 is 0 Å². The minimum atomic E-state index is -1.17. The fourth-order valence-corrected chi connectivity index (χ4v) is 7.49. The molecule has 0 spiro atoms. The van der Waals surface area contributed by atoms with Gasteiger partial charge in [0.05, 0.1) is 0 Å². The second-order valence-corrected chi connectivity index (χ2v) is 15.2. The van der Waals surface area contributed by atoms with Gasteiger partial charge in [-0.3, -0.25) is 14.8 Å². The monoisotopic (exact) mass is 742 g/mol. The largest absolute Gasteiger partial charge is 0.507 e. The molecule has 0 saturated carbocycles. The summed E-state index contributed by atoms with van der Waals surface area (Å²) in [6, 6.07) is 1.56. The number of benzene rings is 4. The van der Waals surface area contributed by atoms with Crippen molar-refractivity contribution in [1.82, 2.24) is 0 Å². The topological polar surface area (TPSA) is 200 Å². The molecule has 0 aliphatic rings. The van der Waals surface area contributed by atoms with E-state index in [0.29, 0.717) is 45.9 Å². The number of aromatic hydroxyl groups is 6. The summed E-state index contributed by atoms with van der Waals surface area (Å²) in [4.78, 5) is 33.6. The first-order valence-corrected chi connectivity index (χ1v) is 18.5. The third-order valence-electron chi connectivity index (χ3n) is 10.8. The minimum absolute atomic E-state index is 0.0135. The third kappa shape index (κ3) is 7.15. The molecule has 0 aliphatic heterocycles. The van der Waals surface area contributed by atoms with Crippen molar-refractivity contribution in [3.63, 3.8) is 0 Å². The van der Waals surface area contributed by atoms with Crippen LogP contribution in [-0.2, 0) is 9.59 Å². The summed E-state index contributed by atoms with van der Waals surface area (Å²) in [6.07, 6.45) is 3.63. The zero-order valence-corrected chi connectivity index (χ0v) is 33.0. The number of phenolic OH excluding ortho intramolecular Hbond substituents is 6. The van der Waals surface area contributed by atoms with Gasteiger partial charge in [0.2, 0.25) is 0 Å². The smallest absolute Gasteiger partial charge is 0.328 e.